The van der Waals surface area contributed by atoms with Gasteiger partial charge in [0.15, 0.2) is 5.78 Å². The number of carbonyl (C=O) groups is 1. The van der Waals surface area contributed by atoms with E-state index in [1.165, 1.54) is 30.0 Å². The molecule has 2 rings (SSSR count). The Morgan fingerprint density at radius 3 is 2.47 bits per heavy atom. The van der Waals surface area contributed by atoms with E-state index in [2.05, 4.69) is 6.58 Å². The Kier molecular flexibility index (Phi) is 2.92. The molecule has 1 aromatic carbocycles. The van der Waals surface area contributed by atoms with Crippen molar-refractivity contribution in [3.8, 4) is 0 Å². The van der Waals surface area contributed by atoms with Crippen LogP contribution in [0.2, 0.25) is 5.02 Å². The summed E-state index contributed by atoms with van der Waals surface area (Å²) < 4.78 is 0. The Labute approximate surface area is 94.8 Å². The zero-order chi connectivity index (χ0) is 10.8. The molecule has 0 N–H and O–H groups in total. The standard InChI is InChI=1S/C13H13ClO/c1-2-13(15)11-7-9-5-3-4-6-10(9)8-12(11)14/h2,7-8H,1,3-6H2. The molecule has 0 heterocycles. The molecule has 0 amide bonds. The van der Waals surface area contributed by atoms with Crippen LogP contribution in [0.15, 0.2) is 24.8 Å². The van der Waals surface area contributed by atoms with E-state index in [1.54, 1.807) is 0 Å². The van der Waals surface area contributed by atoms with Crippen molar-refractivity contribution in [3.05, 3.63) is 46.5 Å². The number of ketones is 1. The zero-order valence-corrected chi connectivity index (χ0v) is 9.31. The minimum Gasteiger partial charge on any atom is -0.289 e. The summed E-state index contributed by atoms with van der Waals surface area (Å²) in [7, 11) is 0. The number of halogens is 1. The van der Waals surface area contributed by atoms with Gasteiger partial charge in [-0.1, -0.05) is 18.2 Å². The lowest BCUT2D eigenvalue weighted by atomic mass is 9.89. The van der Waals surface area contributed by atoms with Crippen molar-refractivity contribution in [2.24, 2.45) is 0 Å². The maximum atomic E-state index is 11.5. The largest absolute Gasteiger partial charge is 0.289 e. The second-order valence-electron chi connectivity index (χ2n) is 3.88. The van der Waals surface area contributed by atoms with Gasteiger partial charge >= 0.3 is 0 Å². The van der Waals surface area contributed by atoms with E-state index in [4.69, 9.17) is 11.6 Å². The van der Waals surface area contributed by atoms with Crippen molar-refractivity contribution in [1.29, 1.82) is 0 Å². The molecule has 2 heteroatoms. The van der Waals surface area contributed by atoms with Gasteiger partial charge in [-0.2, -0.15) is 0 Å². The molecule has 0 saturated heterocycles. The predicted octanol–water partition coefficient (Wildman–Crippen LogP) is 3.59. The van der Waals surface area contributed by atoms with Crippen molar-refractivity contribution < 1.29 is 4.79 Å². The SMILES string of the molecule is C=CC(=O)c1cc2c(cc1Cl)CCCC2. The first kappa shape index (κ1) is 10.4. The molecule has 0 aliphatic heterocycles. The van der Waals surface area contributed by atoms with Gasteiger partial charge in [0, 0.05) is 5.56 Å². The Hall–Kier alpha value is -1.08. The van der Waals surface area contributed by atoms with Gasteiger partial charge in [-0.3, -0.25) is 4.79 Å². The van der Waals surface area contributed by atoms with Crippen LogP contribution in [0, 0.1) is 0 Å². The molecule has 0 saturated carbocycles. The molecule has 15 heavy (non-hydrogen) atoms. The normalized spacial score (nSPS) is 14.5. The van der Waals surface area contributed by atoms with Gasteiger partial charge in [0.2, 0.25) is 0 Å². The first-order valence-corrected chi connectivity index (χ1v) is 5.58. The monoisotopic (exact) mass is 220 g/mol. The lowest BCUT2D eigenvalue weighted by Gasteiger charge is -2.17. The highest BCUT2D eigenvalue weighted by Gasteiger charge is 2.14. The summed E-state index contributed by atoms with van der Waals surface area (Å²) in [6.07, 6.45) is 5.88. The highest BCUT2D eigenvalue weighted by molar-refractivity contribution is 6.34. The van der Waals surface area contributed by atoms with Crippen molar-refractivity contribution in [3.63, 3.8) is 0 Å². The molecule has 0 unspecified atom stereocenters. The summed E-state index contributed by atoms with van der Waals surface area (Å²) in [5, 5.41) is 0.556. The van der Waals surface area contributed by atoms with Crippen LogP contribution < -0.4 is 0 Å². The van der Waals surface area contributed by atoms with Crippen molar-refractivity contribution in [1.82, 2.24) is 0 Å². The van der Waals surface area contributed by atoms with Crippen LogP contribution in [0.3, 0.4) is 0 Å². The van der Waals surface area contributed by atoms with Gasteiger partial charge in [0.25, 0.3) is 0 Å². The lowest BCUT2D eigenvalue weighted by Crippen LogP contribution is -2.06. The summed E-state index contributed by atoms with van der Waals surface area (Å²) in [6, 6.07) is 3.87. The van der Waals surface area contributed by atoms with Gasteiger partial charge < -0.3 is 0 Å². The smallest absolute Gasteiger partial charge is 0.186 e. The van der Waals surface area contributed by atoms with E-state index in [0.717, 1.165) is 12.8 Å². The van der Waals surface area contributed by atoms with Gasteiger partial charge in [0.1, 0.15) is 0 Å². The average Bonchev–Trinajstić information content (AvgIpc) is 2.27. The summed E-state index contributed by atoms with van der Waals surface area (Å²) >= 11 is 6.07. The number of hydrogen-bond donors (Lipinski definition) is 0. The number of carbonyl (C=O) groups excluding carboxylic acids is 1. The molecule has 0 fully saturated rings. The summed E-state index contributed by atoms with van der Waals surface area (Å²) in [5.41, 5.74) is 3.16. The Morgan fingerprint density at radius 1 is 1.27 bits per heavy atom. The molecule has 0 bridgehead atoms. The number of hydrogen-bond acceptors (Lipinski definition) is 1. The highest BCUT2D eigenvalue weighted by atomic mass is 35.5. The molecule has 0 atom stereocenters. The van der Waals surface area contributed by atoms with E-state index in [9.17, 15) is 4.79 Å². The number of aryl methyl sites for hydroxylation is 2. The van der Waals surface area contributed by atoms with Crippen LogP contribution in [0.1, 0.15) is 34.3 Å². The minimum absolute atomic E-state index is 0.0895. The maximum absolute atomic E-state index is 11.5. The van der Waals surface area contributed by atoms with E-state index in [0.29, 0.717) is 10.6 Å². The summed E-state index contributed by atoms with van der Waals surface area (Å²) in [5.74, 6) is -0.0895. The zero-order valence-electron chi connectivity index (χ0n) is 8.55. The molecule has 1 aromatic rings. The van der Waals surface area contributed by atoms with Crippen molar-refractivity contribution in [2.75, 3.05) is 0 Å². The molecule has 78 valence electrons. The summed E-state index contributed by atoms with van der Waals surface area (Å²) in [4.78, 5) is 11.5. The van der Waals surface area contributed by atoms with Crippen LogP contribution >= 0.6 is 11.6 Å². The molecular weight excluding hydrogens is 208 g/mol. The molecule has 0 aromatic heterocycles. The van der Waals surface area contributed by atoms with Crippen LogP contribution in [-0.2, 0) is 12.8 Å². The second kappa shape index (κ2) is 4.19. The van der Waals surface area contributed by atoms with Crippen LogP contribution in [0.4, 0.5) is 0 Å². The van der Waals surface area contributed by atoms with E-state index in [1.807, 2.05) is 12.1 Å². The number of allylic oxidation sites excluding steroid dienone is 1. The Bertz CT molecular complexity index is 421. The molecule has 0 spiro atoms. The number of benzene rings is 1. The molecule has 0 radical (unpaired) electrons. The third-order valence-corrected chi connectivity index (χ3v) is 3.20. The molecule has 1 aliphatic rings. The van der Waals surface area contributed by atoms with Gasteiger partial charge in [-0.25, -0.2) is 0 Å². The predicted molar refractivity (Wildman–Crippen MR) is 62.6 cm³/mol. The minimum atomic E-state index is -0.0895. The third-order valence-electron chi connectivity index (χ3n) is 2.88. The Balaban J connectivity index is 2.49. The van der Waals surface area contributed by atoms with Gasteiger partial charge in [-0.15, -0.1) is 0 Å². The van der Waals surface area contributed by atoms with Gasteiger partial charge in [0.05, 0.1) is 5.02 Å². The van der Waals surface area contributed by atoms with E-state index in [-0.39, 0.29) is 5.78 Å². The second-order valence-corrected chi connectivity index (χ2v) is 4.28. The van der Waals surface area contributed by atoms with E-state index < -0.39 is 0 Å². The fourth-order valence-corrected chi connectivity index (χ4v) is 2.33. The molecule has 1 nitrogen and oxygen atoms in total. The topological polar surface area (TPSA) is 17.1 Å². The van der Waals surface area contributed by atoms with Crippen molar-refractivity contribution >= 4 is 17.4 Å². The molecular formula is C13H13ClO. The van der Waals surface area contributed by atoms with Crippen LogP contribution in [-0.4, -0.2) is 5.78 Å². The lowest BCUT2D eigenvalue weighted by molar-refractivity contribution is 0.104. The average molecular weight is 221 g/mol. The first-order chi connectivity index (χ1) is 7.22. The number of rotatable bonds is 2. The maximum Gasteiger partial charge on any atom is 0.186 e. The fraction of sp³-hybridized carbons (Fsp3) is 0.308. The van der Waals surface area contributed by atoms with Crippen molar-refractivity contribution in [2.45, 2.75) is 25.7 Å². The quantitative estimate of drug-likeness (QED) is 0.550. The third kappa shape index (κ3) is 1.98. The van der Waals surface area contributed by atoms with Crippen LogP contribution in [0.25, 0.3) is 0 Å². The highest BCUT2D eigenvalue weighted by Crippen LogP contribution is 2.27. The van der Waals surface area contributed by atoms with Crippen LogP contribution in [0.5, 0.6) is 0 Å². The van der Waals surface area contributed by atoms with Gasteiger partial charge in [-0.05, 0) is 55.0 Å². The number of fused-ring (bicyclic) bond motifs is 1. The fourth-order valence-electron chi connectivity index (χ4n) is 2.05. The summed E-state index contributed by atoms with van der Waals surface area (Å²) in [6.45, 7) is 3.48. The molecule has 1 aliphatic carbocycles. The Morgan fingerprint density at radius 2 is 1.87 bits per heavy atom. The first-order valence-electron chi connectivity index (χ1n) is 5.20. The van der Waals surface area contributed by atoms with E-state index >= 15 is 0 Å².